The molecule has 0 aromatic heterocycles. The van der Waals surface area contributed by atoms with Gasteiger partial charge in [0, 0.05) is 6.26 Å². The Hall–Kier alpha value is -1.35. The Balaban J connectivity index is 0.000000399. The molecule has 19 heavy (non-hydrogen) atoms. The summed E-state index contributed by atoms with van der Waals surface area (Å²) in [6.07, 6.45) is 3.86. The molecule has 0 amide bonds. The van der Waals surface area contributed by atoms with Gasteiger partial charge < -0.3 is 0 Å². The van der Waals surface area contributed by atoms with E-state index in [4.69, 9.17) is 0 Å². The molecule has 104 valence electrons. The number of hydrogen-bond donors (Lipinski definition) is 0. The Labute approximate surface area is 116 Å². The van der Waals surface area contributed by atoms with Crippen molar-refractivity contribution in [3.05, 3.63) is 42.0 Å². The zero-order chi connectivity index (χ0) is 14.5. The number of hydrogen-bond acceptors (Lipinski definition) is 2. The molecule has 0 saturated heterocycles. The van der Waals surface area contributed by atoms with E-state index in [1.54, 1.807) is 12.1 Å². The number of benzene rings is 2. The van der Waals surface area contributed by atoms with Crippen LogP contribution in [0, 0.1) is 6.92 Å². The number of unbranched alkanes of at least 4 members (excludes halogenated alkanes) is 1. The molecule has 2 aromatic rings. The Kier molecular flexibility index (Phi) is 5.55. The molecule has 0 bridgehead atoms. The van der Waals surface area contributed by atoms with E-state index in [-0.39, 0.29) is 0 Å². The van der Waals surface area contributed by atoms with E-state index in [1.807, 2.05) is 31.2 Å². The molecule has 0 unspecified atom stereocenters. The first-order chi connectivity index (χ1) is 8.88. The Bertz CT molecular complexity index is 641. The summed E-state index contributed by atoms with van der Waals surface area (Å²) in [4.78, 5) is 0.374. The van der Waals surface area contributed by atoms with E-state index in [9.17, 15) is 8.42 Å². The minimum atomic E-state index is -3.10. The second-order valence-corrected chi connectivity index (χ2v) is 6.80. The smallest absolute Gasteiger partial charge is 0.175 e. The van der Waals surface area contributed by atoms with Gasteiger partial charge in [0.1, 0.15) is 0 Å². The van der Waals surface area contributed by atoms with Crippen LogP contribution in [0.1, 0.15) is 32.3 Å². The molecule has 2 nitrogen and oxygen atoms in total. The molecule has 0 heterocycles. The average molecular weight is 278 g/mol. The standard InChI is InChI=1S/C12H12O2S.C4H10/c1-9-3-4-11-8-12(15(2,13)14)6-5-10(11)7-9;1-3-4-2/h3-8H,1-2H3;3-4H2,1-2H3. The molecule has 3 heteroatoms. The van der Waals surface area contributed by atoms with Gasteiger partial charge in [-0.1, -0.05) is 56.5 Å². The van der Waals surface area contributed by atoms with Crippen molar-refractivity contribution in [2.75, 3.05) is 6.26 Å². The van der Waals surface area contributed by atoms with Gasteiger partial charge in [-0.15, -0.1) is 0 Å². The fourth-order valence-electron chi connectivity index (χ4n) is 1.57. The highest BCUT2D eigenvalue weighted by Gasteiger charge is 2.06. The van der Waals surface area contributed by atoms with Crippen LogP contribution < -0.4 is 0 Å². The summed E-state index contributed by atoms with van der Waals surface area (Å²) in [6.45, 7) is 6.38. The first-order valence-corrected chi connectivity index (χ1v) is 8.48. The predicted molar refractivity (Wildman–Crippen MR) is 82.4 cm³/mol. The van der Waals surface area contributed by atoms with Gasteiger partial charge in [0.25, 0.3) is 0 Å². The zero-order valence-corrected chi connectivity index (χ0v) is 12.9. The normalized spacial score (nSPS) is 10.9. The highest BCUT2D eigenvalue weighted by molar-refractivity contribution is 7.90. The van der Waals surface area contributed by atoms with E-state index >= 15 is 0 Å². The van der Waals surface area contributed by atoms with Crippen LogP contribution in [0.15, 0.2) is 41.3 Å². The molecule has 0 aliphatic carbocycles. The minimum Gasteiger partial charge on any atom is -0.224 e. The molecule has 2 aromatic carbocycles. The lowest BCUT2D eigenvalue weighted by molar-refractivity contribution is 0.602. The Morgan fingerprint density at radius 1 is 0.895 bits per heavy atom. The molecule has 0 radical (unpaired) electrons. The number of aryl methyl sites for hydroxylation is 1. The summed E-state index contributed by atoms with van der Waals surface area (Å²) < 4.78 is 22.7. The summed E-state index contributed by atoms with van der Waals surface area (Å²) in [5.41, 5.74) is 1.18. The van der Waals surface area contributed by atoms with Crippen LogP contribution in [0.4, 0.5) is 0 Å². The fraction of sp³-hybridized carbons (Fsp3) is 0.375. The van der Waals surface area contributed by atoms with Crippen LogP contribution in [0.3, 0.4) is 0 Å². The van der Waals surface area contributed by atoms with E-state index in [2.05, 4.69) is 13.8 Å². The van der Waals surface area contributed by atoms with Crippen molar-refractivity contribution in [2.45, 2.75) is 38.5 Å². The van der Waals surface area contributed by atoms with E-state index in [0.717, 1.165) is 10.8 Å². The molecular weight excluding hydrogens is 256 g/mol. The molecule has 2 rings (SSSR count). The monoisotopic (exact) mass is 278 g/mol. The Morgan fingerprint density at radius 3 is 1.95 bits per heavy atom. The fourth-order valence-corrected chi connectivity index (χ4v) is 2.23. The third-order valence-electron chi connectivity index (χ3n) is 2.90. The van der Waals surface area contributed by atoms with Crippen molar-refractivity contribution >= 4 is 20.6 Å². The lowest BCUT2D eigenvalue weighted by atomic mass is 10.1. The molecule has 0 aliphatic rings. The van der Waals surface area contributed by atoms with Crippen molar-refractivity contribution in [1.82, 2.24) is 0 Å². The van der Waals surface area contributed by atoms with E-state index in [0.29, 0.717) is 4.90 Å². The van der Waals surface area contributed by atoms with Crippen molar-refractivity contribution < 1.29 is 8.42 Å². The van der Waals surface area contributed by atoms with Crippen LogP contribution >= 0.6 is 0 Å². The minimum absolute atomic E-state index is 0.374. The van der Waals surface area contributed by atoms with Gasteiger partial charge in [0.2, 0.25) is 0 Å². The topological polar surface area (TPSA) is 34.1 Å². The van der Waals surface area contributed by atoms with Crippen molar-refractivity contribution in [3.8, 4) is 0 Å². The lowest BCUT2D eigenvalue weighted by Gasteiger charge is -2.02. The molecule has 0 N–H and O–H groups in total. The van der Waals surface area contributed by atoms with Crippen molar-refractivity contribution in [1.29, 1.82) is 0 Å². The largest absolute Gasteiger partial charge is 0.224 e. The van der Waals surface area contributed by atoms with Gasteiger partial charge in [0.15, 0.2) is 9.84 Å². The summed E-state index contributed by atoms with van der Waals surface area (Å²) in [5.74, 6) is 0. The third-order valence-corrected chi connectivity index (χ3v) is 4.01. The number of rotatable bonds is 2. The molecule has 0 atom stereocenters. The maximum atomic E-state index is 11.3. The summed E-state index contributed by atoms with van der Waals surface area (Å²) in [5, 5.41) is 2.03. The molecule has 0 fully saturated rings. The van der Waals surface area contributed by atoms with Crippen molar-refractivity contribution in [3.63, 3.8) is 0 Å². The first-order valence-electron chi connectivity index (χ1n) is 6.59. The summed E-state index contributed by atoms with van der Waals surface area (Å²) >= 11 is 0. The maximum Gasteiger partial charge on any atom is 0.175 e. The van der Waals surface area contributed by atoms with Crippen molar-refractivity contribution in [2.24, 2.45) is 0 Å². The highest BCUT2D eigenvalue weighted by atomic mass is 32.2. The van der Waals surface area contributed by atoms with Gasteiger partial charge in [-0.2, -0.15) is 0 Å². The predicted octanol–water partition coefficient (Wildman–Crippen LogP) is 4.36. The number of fused-ring (bicyclic) bond motifs is 1. The van der Waals surface area contributed by atoms with E-state index < -0.39 is 9.84 Å². The van der Waals surface area contributed by atoms with Crippen LogP contribution in [-0.2, 0) is 9.84 Å². The van der Waals surface area contributed by atoms with E-state index in [1.165, 1.54) is 24.7 Å². The molecule has 0 spiro atoms. The van der Waals surface area contributed by atoms with Crippen LogP contribution in [-0.4, -0.2) is 14.7 Å². The lowest BCUT2D eigenvalue weighted by Crippen LogP contribution is -1.96. The SMILES string of the molecule is CCCC.Cc1ccc2cc(S(C)(=O)=O)ccc2c1. The Morgan fingerprint density at radius 2 is 1.42 bits per heavy atom. The number of sulfone groups is 1. The summed E-state index contributed by atoms with van der Waals surface area (Å²) in [6, 6.07) is 11.2. The van der Waals surface area contributed by atoms with Gasteiger partial charge in [-0.3, -0.25) is 0 Å². The average Bonchev–Trinajstić information content (AvgIpc) is 2.37. The van der Waals surface area contributed by atoms with Crippen LogP contribution in [0.5, 0.6) is 0 Å². The van der Waals surface area contributed by atoms with Gasteiger partial charge in [-0.25, -0.2) is 8.42 Å². The maximum absolute atomic E-state index is 11.3. The second-order valence-electron chi connectivity index (χ2n) is 4.78. The second kappa shape index (κ2) is 6.71. The summed E-state index contributed by atoms with van der Waals surface area (Å²) in [7, 11) is -3.10. The highest BCUT2D eigenvalue weighted by Crippen LogP contribution is 2.20. The molecule has 0 aliphatic heterocycles. The van der Waals surface area contributed by atoms with Crippen LogP contribution in [0.25, 0.3) is 10.8 Å². The first kappa shape index (κ1) is 15.7. The van der Waals surface area contributed by atoms with Gasteiger partial charge >= 0.3 is 0 Å². The third kappa shape index (κ3) is 4.67. The quantitative estimate of drug-likeness (QED) is 0.818. The molecular formula is C16H22O2S. The van der Waals surface area contributed by atoms with Crippen LogP contribution in [0.2, 0.25) is 0 Å². The molecule has 0 saturated carbocycles. The zero-order valence-electron chi connectivity index (χ0n) is 12.1. The van der Waals surface area contributed by atoms with Gasteiger partial charge in [0.05, 0.1) is 4.90 Å². The van der Waals surface area contributed by atoms with Gasteiger partial charge in [-0.05, 0) is 29.8 Å².